The molecule has 8 rings (SSSR count). The van der Waals surface area contributed by atoms with E-state index in [9.17, 15) is 4.79 Å². The minimum Gasteiger partial charge on any atom is -0.405 e. The minimum atomic E-state index is -2.98. The molecule has 1 fully saturated rings. The lowest BCUT2D eigenvalue weighted by atomic mass is 9.75. The van der Waals surface area contributed by atoms with Crippen LogP contribution in [0.1, 0.15) is 54.8 Å². The van der Waals surface area contributed by atoms with Crippen LogP contribution in [0.15, 0.2) is 193 Å². The first-order valence-corrected chi connectivity index (χ1v) is 22.4. The van der Waals surface area contributed by atoms with E-state index in [1.54, 1.807) is 10.8 Å². The number of nitrogen functional groups attached to an aromatic ring is 1. The molecule has 60 heavy (non-hydrogen) atoms. The number of morpholine rings is 1. The van der Waals surface area contributed by atoms with E-state index in [1.807, 2.05) is 48.5 Å². The third kappa shape index (κ3) is 7.89. The number of hydrogen-bond donors (Lipinski definition) is 1. The second-order valence-corrected chi connectivity index (χ2v) is 20.6. The van der Waals surface area contributed by atoms with Crippen LogP contribution in [-0.4, -0.2) is 48.6 Å². The Bertz CT molecular complexity index is 2470. The van der Waals surface area contributed by atoms with Crippen molar-refractivity contribution < 1.29 is 9.16 Å². The fourth-order valence-corrected chi connectivity index (χ4v) is 13.4. The van der Waals surface area contributed by atoms with Gasteiger partial charge in [-0.2, -0.15) is 4.98 Å². The second-order valence-electron chi connectivity index (χ2n) is 16.2. The number of rotatable bonds is 10. The Kier molecular flexibility index (Phi) is 11.8. The van der Waals surface area contributed by atoms with Gasteiger partial charge in [-0.1, -0.05) is 202 Å². The van der Waals surface area contributed by atoms with E-state index in [4.69, 9.17) is 14.9 Å². The van der Waals surface area contributed by atoms with Crippen LogP contribution in [0.3, 0.4) is 0 Å². The number of anilines is 1. The molecule has 8 heteroatoms. The molecule has 0 bridgehead atoms. The van der Waals surface area contributed by atoms with E-state index in [0.29, 0.717) is 18.7 Å². The summed E-state index contributed by atoms with van der Waals surface area (Å²) in [5.74, 6) is 6.44. The maximum atomic E-state index is 14.1. The molecule has 0 aliphatic carbocycles. The molecule has 2 heterocycles. The normalized spacial score (nSPS) is 16.1. The number of ether oxygens (including phenoxy) is 1. The molecule has 0 unspecified atom stereocenters. The summed E-state index contributed by atoms with van der Waals surface area (Å²) in [6.45, 7) is 7.93. The molecule has 300 valence electrons. The van der Waals surface area contributed by atoms with Gasteiger partial charge in [-0.15, -0.1) is 0 Å². The molecular weight excluding hydrogens is 757 g/mol. The van der Waals surface area contributed by atoms with Crippen molar-refractivity contribution in [2.24, 2.45) is 0 Å². The Hall–Kier alpha value is -6.34. The van der Waals surface area contributed by atoms with E-state index in [0.717, 1.165) is 22.3 Å². The van der Waals surface area contributed by atoms with Gasteiger partial charge >= 0.3 is 5.69 Å². The summed E-state index contributed by atoms with van der Waals surface area (Å²) in [6.07, 6.45) is 0.438. The van der Waals surface area contributed by atoms with E-state index in [1.165, 1.54) is 10.4 Å². The van der Waals surface area contributed by atoms with Gasteiger partial charge in [-0.25, -0.2) is 4.79 Å². The maximum absolute atomic E-state index is 14.1. The van der Waals surface area contributed by atoms with Gasteiger partial charge in [-0.3, -0.25) is 9.47 Å². The summed E-state index contributed by atoms with van der Waals surface area (Å²) in [5.41, 5.74) is 9.63. The Morgan fingerprint density at radius 1 is 0.667 bits per heavy atom. The molecule has 0 radical (unpaired) electrons. The number of nitrogens with two attached hydrogens (primary N) is 1. The standard InChI is InChI=1S/C52H50N4O3Si/c1-51(2,3)60(46-30-18-8-19-31-46,47-32-20-9-21-33-47)58-39-45-37-55(38-48(59-45)56-36-41(49(53)54-50(56)57)35-34-40-22-10-4-11-23-40)52(42-24-12-5-13-25-42,43-26-14-6-15-27-43)44-28-16-7-17-29-44/h4-33,36,45,48H,37-39H2,1-3H3,(H2,53,54,57)/t45-,48+/m0/s1. The highest BCUT2D eigenvalue weighted by molar-refractivity contribution is 6.99. The van der Waals surface area contributed by atoms with Crippen LogP contribution in [0.2, 0.25) is 5.04 Å². The summed E-state index contributed by atoms with van der Waals surface area (Å²) < 4.78 is 16.2. The van der Waals surface area contributed by atoms with Gasteiger partial charge < -0.3 is 14.9 Å². The average molecular weight is 807 g/mol. The van der Waals surface area contributed by atoms with Crippen LogP contribution >= 0.6 is 0 Å². The van der Waals surface area contributed by atoms with Crippen molar-refractivity contribution in [3.8, 4) is 11.8 Å². The molecule has 7 nitrogen and oxygen atoms in total. The molecule has 0 spiro atoms. The van der Waals surface area contributed by atoms with E-state index in [-0.39, 0.29) is 17.5 Å². The van der Waals surface area contributed by atoms with Crippen LogP contribution in [0.5, 0.6) is 0 Å². The van der Waals surface area contributed by atoms with E-state index < -0.39 is 31.9 Å². The molecule has 7 aromatic rings. The quantitative estimate of drug-likeness (QED) is 0.0858. The third-order valence-electron chi connectivity index (χ3n) is 11.5. The van der Waals surface area contributed by atoms with Crippen molar-refractivity contribution in [1.82, 2.24) is 14.5 Å². The first-order chi connectivity index (χ1) is 29.2. The van der Waals surface area contributed by atoms with Gasteiger partial charge in [0, 0.05) is 24.8 Å². The van der Waals surface area contributed by atoms with E-state index in [2.05, 4.69) is 176 Å². The molecule has 2 N–H and O–H groups in total. The van der Waals surface area contributed by atoms with Gasteiger partial charge in [0.25, 0.3) is 8.32 Å². The lowest BCUT2D eigenvalue weighted by Gasteiger charge is -2.51. The van der Waals surface area contributed by atoms with Crippen LogP contribution < -0.4 is 21.8 Å². The molecule has 6 aromatic carbocycles. The predicted molar refractivity (Wildman–Crippen MR) is 244 cm³/mol. The van der Waals surface area contributed by atoms with E-state index >= 15 is 0 Å². The number of nitrogens with zero attached hydrogens (tertiary/aromatic N) is 3. The zero-order chi connectivity index (χ0) is 41.6. The van der Waals surface area contributed by atoms with Crippen LogP contribution in [0, 0.1) is 11.8 Å². The van der Waals surface area contributed by atoms with Crippen molar-refractivity contribution in [2.75, 3.05) is 25.4 Å². The Labute approximate surface area is 354 Å². The number of aromatic nitrogens is 2. The molecule has 1 aromatic heterocycles. The SMILES string of the molecule is CC(C)(C)[Si](OC[C@@H]1CN(C(c2ccccc2)(c2ccccc2)c2ccccc2)C[C@H](n2cc(C#Cc3ccccc3)c(N)nc2=O)O1)(c1ccccc1)c1ccccc1. The zero-order valence-electron chi connectivity index (χ0n) is 34.3. The monoisotopic (exact) mass is 806 g/mol. The lowest BCUT2D eigenvalue weighted by Crippen LogP contribution is -2.67. The summed E-state index contributed by atoms with van der Waals surface area (Å²) in [5, 5.41) is 2.11. The van der Waals surface area contributed by atoms with Gasteiger partial charge in [0.1, 0.15) is 5.82 Å². The van der Waals surface area contributed by atoms with Crippen molar-refractivity contribution in [1.29, 1.82) is 0 Å². The summed E-state index contributed by atoms with van der Waals surface area (Å²) in [4.78, 5) is 20.8. The van der Waals surface area contributed by atoms with Crippen LogP contribution in [0.4, 0.5) is 5.82 Å². The molecule has 2 atom stereocenters. The summed E-state index contributed by atoms with van der Waals surface area (Å²) in [7, 11) is -2.98. The van der Waals surface area contributed by atoms with Gasteiger partial charge in [0.15, 0.2) is 6.23 Å². The van der Waals surface area contributed by atoms with Crippen molar-refractivity contribution in [3.05, 3.63) is 226 Å². The number of benzene rings is 6. The lowest BCUT2D eigenvalue weighted by molar-refractivity contribution is -0.149. The Morgan fingerprint density at radius 2 is 1.12 bits per heavy atom. The fourth-order valence-electron chi connectivity index (χ4n) is 8.85. The Morgan fingerprint density at radius 3 is 1.58 bits per heavy atom. The maximum Gasteiger partial charge on any atom is 0.351 e. The first kappa shape index (κ1) is 40.4. The fraction of sp³-hybridized carbons (Fsp3) is 0.192. The molecule has 1 saturated heterocycles. The zero-order valence-corrected chi connectivity index (χ0v) is 35.3. The third-order valence-corrected chi connectivity index (χ3v) is 16.5. The van der Waals surface area contributed by atoms with Crippen molar-refractivity contribution in [2.45, 2.75) is 43.7 Å². The average Bonchev–Trinajstić information content (AvgIpc) is 3.28. The first-order valence-electron chi connectivity index (χ1n) is 20.5. The topological polar surface area (TPSA) is 82.6 Å². The van der Waals surface area contributed by atoms with Crippen molar-refractivity contribution >= 4 is 24.5 Å². The largest absolute Gasteiger partial charge is 0.405 e. The molecular formula is C52H50N4O3Si. The van der Waals surface area contributed by atoms with Gasteiger partial charge in [-0.05, 0) is 44.2 Å². The van der Waals surface area contributed by atoms with Crippen molar-refractivity contribution in [3.63, 3.8) is 0 Å². The highest BCUT2D eigenvalue weighted by Crippen LogP contribution is 2.45. The molecule has 0 amide bonds. The second kappa shape index (κ2) is 17.5. The van der Waals surface area contributed by atoms with Gasteiger partial charge in [0.05, 0.1) is 23.8 Å². The predicted octanol–water partition coefficient (Wildman–Crippen LogP) is 7.99. The summed E-state index contributed by atoms with van der Waals surface area (Å²) in [6, 6.07) is 62.7. The summed E-state index contributed by atoms with van der Waals surface area (Å²) >= 11 is 0. The molecule has 1 aliphatic rings. The highest BCUT2D eigenvalue weighted by atomic mass is 28.4. The van der Waals surface area contributed by atoms with Crippen LogP contribution in [-0.2, 0) is 14.7 Å². The number of hydrogen-bond acceptors (Lipinski definition) is 6. The smallest absolute Gasteiger partial charge is 0.351 e. The molecule has 1 aliphatic heterocycles. The Balaban J connectivity index is 1.30. The van der Waals surface area contributed by atoms with Crippen LogP contribution in [0.25, 0.3) is 0 Å². The minimum absolute atomic E-state index is 0.0751. The highest BCUT2D eigenvalue weighted by Gasteiger charge is 2.52. The molecule has 0 saturated carbocycles. The van der Waals surface area contributed by atoms with Gasteiger partial charge in [0.2, 0.25) is 0 Å².